The summed E-state index contributed by atoms with van der Waals surface area (Å²) in [6.45, 7) is 4.12. The maximum atomic E-state index is 12.1. The van der Waals surface area contributed by atoms with Crippen LogP contribution in [-0.4, -0.2) is 30.1 Å². The van der Waals surface area contributed by atoms with E-state index in [1.807, 2.05) is 38.1 Å². The molecule has 1 aromatic heterocycles. The molecule has 0 fully saturated rings. The number of hydrogen-bond donors (Lipinski definition) is 2. The summed E-state index contributed by atoms with van der Waals surface area (Å²) in [6.07, 6.45) is 0. The molecule has 0 saturated heterocycles. The third-order valence-electron chi connectivity index (χ3n) is 3.04. The number of aromatic nitrogens is 1. The molecule has 0 aliphatic carbocycles. The van der Waals surface area contributed by atoms with E-state index in [4.69, 9.17) is 10.5 Å². The highest BCUT2D eigenvalue weighted by Gasteiger charge is 2.21. The largest absolute Gasteiger partial charge is 0.497 e. The zero-order valence-corrected chi connectivity index (χ0v) is 15.6. The van der Waals surface area contributed by atoms with Crippen molar-refractivity contribution in [3.05, 3.63) is 35.3 Å². The van der Waals surface area contributed by atoms with Gasteiger partial charge in [0.15, 0.2) is 0 Å². The van der Waals surface area contributed by atoms with E-state index in [-0.39, 0.29) is 30.7 Å². The second kappa shape index (κ2) is 9.08. The van der Waals surface area contributed by atoms with Crippen LogP contribution in [0.2, 0.25) is 0 Å². The maximum Gasteiger partial charge on any atom is 0.271 e. The molecule has 128 valence electrons. The molecule has 23 heavy (non-hydrogen) atoms. The van der Waals surface area contributed by atoms with Gasteiger partial charge in [-0.25, -0.2) is 4.98 Å². The van der Waals surface area contributed by atoms with Crippen LogP contribution in [0, 0.1) is 0 Å². The van der Waals surface area contributed by atoms with Crippen molar-refractivity contribution < 1.29 is 9.53 Å². The van der Waals surface area contributed by atoms with E-state index < -0.39 is 5.54 Å². The summed E-state index contributed by atoms with van der Waals surface area (Å²) in [5.74, 6) is 0.583. The molecule has 5 nitrogen and oxygen atoms in total. The highest BCUT2D eigenvalue weighted by molar-refractivity contribution is 7.13. The van der Waals surface area contributed by atoms with Gasteiger partial charge in [-0.05, 0) is 38.1 Å². The average Bonchev–Trinajstić information content (AvgIpc) is 2.97. The summed E-state index contributed by atoms with van der Waals surface area (Å²) in [7, 11) is 1.63. The number of benzene rings is 1. The van der Waals surface area contributed by atoms with Crippen molar-refractivity contribution in [1.29, 1.82) is 0 Å². The SMILES string of the molecule is COc1ccc(-c2nc(C(=O)NC(C)(C)CN)cs2)cc1.Cl.Cl. The van der Waals surface area contributed by atoms with Gasteiger partial charge >= 0.3 is 0 Å². The molecule has 8 heteroatoms. The van der Waals surface area contributed by atoms with Crippen LogP contribution in [0.25, 0.3) is 10.6 Å². The van der Waals surface area contributed by atoms with E-state index in [0.29, 0.717) is 12.2 Å². The average molecular weight is 378 g/mol. The minimum Gasteiger partial charge on any atom is -0.497 e. The number of rotatable bonds is 5. The van der Waals surface area contributed by atoms with E-state index >= 15 is 0 Å². The molecule has 0 bridgehead atoms. The fourth-order valence-corrected chi connectivity index (χ4v) is 2.47. The standard InChI is InChI=1S/C15H19N3O2S.2ClH/c1-15(2,9-16)18-13(19)12-8-21-14(17-12)10-4-6-11(20-3)7-5-10;;/h4-8H,9,16H2,1-3H3,(H,18,19);2*1H. The van der Waals surface area contributed by atoms with Crippen molar-refractivity contribution in [2.45, 2.75) is 19.4 Å². The molecule has 0 unspecified atom stereocenters. The highest BCUT2D eigenvalue weighted by atomic mass is 35.5. The molecule has 0 aliphatic heterocycles. The Bertz CT molecular complexity index is 630. The van der Waals surface area contributed by atoms with Crippen LogP contribution < -0.4 is 15.8 Å². The number of methoxy groups -OCH3 is 1. The van der Waals surface area contributed by atoms with Gasteiger partial charge in [0.2, 0.25) is 0 Å². The van der Waals surface area contributed by atoms with Gasteiger partial charge in [-0.15, -0.1) is 36.2 Å². The quantitative estimate of drug-likeness (QED) is 0.838. The van der Waals surface area contributed by atoms with Crippen molar-refractivity contribution in [3.63, 3.8) is 0 Å². The molecule has 1 aromatic carbocycles. The molecule has 0 atom stereocenters. The highest BCUT2D eigenvalue weighted by Crippen LogP contribution is 2.25. The van der Waals surface area contributed by atoms with Gasteiger partial charge in [-0.3, -0.25) is 4.79 Å². The summed E-state index contributed by atoms with van der Waals surface area (Å²) in [6, 6.07) is 7.58. The van der Waals surface area contributed by atoms with Crippen molar-refractivity contribution in [3.8, 4) is 16.3 Å². The zero-order valence-electron chi connectivity index (χ0n) is 13.2. The van der Waals surface area contributed by atoms with Gasteiger partial charge in [0.25, 0.3) is 5.91 Å². The first-order valence-corrected chi connectivity index (χ1v) is 7.46. The van der Waals surface area contributed by atoms with Crippen LogP contribution in [0.1, 0.15) is 24.3 Å². The van der Waals surface area contributed by atoms with Crippen LogP contribution in [0.15, 0.2) is 29.6 Å². The Balaban J connectivity index is 0.00000242. The Morgan fingerprint density at radius 3 is 2.43 bits per heavy atom. The summed E-state index contributed by atoms with van der Waals surface area (Å²) in [5, 5.41) is 5.42. The molecule has 2 rings (SSSR count). The minimum absolute atomic E-state index is 0. The van der Waals surface area contributed by atoms with Gasteiger partial charge in [-0.2, -0.15) is 0 Å². The van der Waals surface area contributed by atoms with E-state index in [0.717, 1.165) is 16.3 Å². The smallest absolute Gasteiger partial charge is 0.271 e. The number of nitrogens with two attached hydrogens (primary N) is 1. The molecule has 0 aliphatic rings. The van der Waals surface area contributed by atoms with Gasteiger partial charge in [0.1, 0.15) is 16.5 Å². The molecular formula is C15H21Cl2N3O2S. The molecule has 1 amide bonds. The summed E-state index contributed by atoms with van der Waals surface area (Å²) in [5.41, 5.74) is 6.53. The Morgan fingerprint density at radius 2 is 1.91 bits per heavy atom. The Labute approximate surface area is 152 Å². The lowest BCUT2D eigenvalue weighted by Gasteiger charge is -2.23. The third-order valence-corrected chi connectivity index (χ3v) is 3.93. The topological polar surface area (TPSA) is 77.2 Å². The number of hydrogen-bond acceptors (Lipinski definition) is 5. The van der Waals surface area contributed by atoms with Crippen LogP contribution in [-0.2, 0) is 0 Å². The van der Waals surface area contributed by atoms with E-state index in [2.05, 4.69) is 10.3 Å². The molecule has 0 radical (unpaired) electrons. The number of nitrogens with one attached hydrogen (secondary N) is 1. The second-order valence-corrected chi connectivity index (χ2v) is 6.17. The van der Waals surface area contributed by atoms with Gasteiger partial charge < -0.3 is 15.8 Å². The second-order valence-electron chi connectivity index (χ2n) is 5.31. The monoisotopic (exact) mass is 377 g/mol. The van der Waals surface area contributed by atoms with Gasteiger partial charge in [0.05, 0.1) is 7.11 Å². The van der Waals surface area contributed by atoms with Crippen molar-refractivity contribution in [1.82, 2.24) is 10.3 Å². The summed E-state index contributed by atoms with van der Waals surface area (Å²) < 4.78 is 5.12. The van der Waals surface area contributed by atoms with Crippen LogP contribution in [0.4, 0.5) is 0 Å². The Hall–Kier alpha value is -1.34. The van der Waals surface area contributed by atoms with Crippen LogP contribution >= 0.6 is 36.2 Å². The lowest BCUT2D eigenvalue weighted by atomic mass is 10.1. The number of nitrogens with zero attached hydrogens (tertiary/aromatic N) is 1. The van der Waals surface area contributed by atoms with E-state index in [1.54, 1.807) is 12.5 Å². The number of carbonyl (C=O) groups excluding carboxylic acids is 1. The van der Waals surface area contributed by atoms with Crippen molar-refractivity contribution in [2.24, 2.45) is 5.73 Å². The molecule has 2 aromatic rings. The molecule has 0 spiro atoms. The van der Waals surface area contributed by atoms with Gasteiger partial charge in [-0.1, -0.05) is 0 Å². The number of carbonyl (C=O) groups is 1. The van der Waals surface area contributed by atoms with E-state index in [1.165, 1.54) is 11.3 Å². The summed E-state index contributed by atoms with van der Waals surface area (Å²) >= 11 is 1.43. The molecular weight excluding hydrogens is 357 g/mol. The Kier molecular flexibility index (Phi) is 8.55. The lowest BCUT2D eigenvalue weighted by molar-refractivity contribution is 0.0911. The minimum atomic E-state index is -0.443. The first-order valence-electron chi connectivity index (χ1n) is 6.58. The number of thiazole rings is 1. The van der Waals surface area contributed by atoms with Crippen LogP contribution in [0.3, 0.4) is 0 Å². The number of ether oxygens (including phenoxy) is 1. The third kappa shape index (κ3) is 5.66. The normalized spacial score (nSPS) is 10.3. The van der Waals surface area contributed by atoms with Crippen molar-refractivity contribution in [2.75, 3.05) is 13.7 Å². The first-order chi connectivity index (χ1) is 9.95. The predicted molar refractivity (Wildman–Crippen MR) is 99.2 cm³/mol. The van der Waals surface area contributed by atoms with Crippen molar-refractivity contribution >= 4 is 42.1 Å². The fourth-order valence-electron chi connectivity index (χ4n) is 1.67. The number of amides is 1. The van der Waals surface area contributed by atoms with Gasteiger partial charge in [0, 0.05) is 23.0 Å². The molecule has 3 N–H and O–H groups in total. The maximum absolute atomic E-state index is 12.1. The molecule has 0 saturated carbocycles. The fraction of sp³-hybridized carbons (Fsp3) is 0.333. The Morgan fingerprint density at radius 1 is 1.30 bits per heavy atom. The predicted octanol–water partition coefficient (Wildman–Crippen LogP) is 3.13. The number of halogens is 2. The summed E-state index contributed by atoms with van der Waals surface area (Å²) in [4.78, 5) is 16.5. The van der Waals surface area contributed by atoms with Crippen LogP contribution in [0.5, 0.6) is 5.75 Å². The lowest BCUT2D eigenvalue weighted by Crippen LogP contribution is -2.48. The zero-order chi connectivity index (χ0) is 15.5. The molecule has 1 heterocycles. The first kappa shape index (κ1) is 21.7. The van der Waals surface area contributed by atoms with E-state index in [9.17, 15) is 4.79 Å².